The van der Waals surface area contributed by atoms with Crippen LogP contribution in [-0.4, -0.2) is 4.92 Å². The molecule has 0 atom stereocenters. The van der Waals surface area contributed by atoms with Crippen LogP contribution in [0.1, 0.15) is 16.7 Å². The number of aryl methyl sites for hydroxylation is 2. The van der Waals surface area contributed by atoms with E-state index in [0.29, 0.717) is 10.6 Å². The van der Waals surface area contributed by atoms with Gasteiger partial charge in [-0.25, -0.2) is 0 Å². The molecule has 0 heterocycles. The normalized spacial score (nSPS) is 10.0. The van der Waals surface area contributed by atoms with Gasteiger partial charge in [0.2, 0.25) is 5.75 Å². The van der Waals surface area contributed by atoms with E-state index >= 15 is 0 Å². The molecule has 0 aromatic heterocycles. The smallest absolute Gasteiger partial charge is 0.312 e. The number of nitriles is 1. The first kappa shape index (κ1) is 14.8. The number of ether oxygens (including phenoxy) is 1. The second-order valence-electron chi connectivity index (χ2n) is 4.54. The van der Waals surface area contributed by atoms with E-state index in [2.05, 4.69) is 0 Å². The summed E-state index contributed by atoms with van der Waals surface area (Å²) in [5.74, 6) is 0.310. The van der Waals surface area contributed by atoms with Gasteiger partial charge in [0.15, 0.2) is 0 Å². The molecular weight excluding hydrogens is 292 g/mol. The summed E-state index contributed by atoms with van der Waals surface area (Å²) in [7, 11) is 0. The number of benzene rings is 2. The average Bonchev–Trinajstić information content (AvgIpc) is 2.41. The molecule has 0 aliphatic rings. The van der Waals surface area contributed by atoms with E-state index in [1.54, 1.807) is 26.0 Å². The minimum atomic E-state index is -0.508. The third-order valence-electron chi connectivity index (χ3n) is 2.87. The van der Waals surface area contributed by atoms with E-state index in [4.69, 9.17) is 21.6 Å². The topological polar surface area (TPSA) is 76.2 Å². The molecule has 5 nitrogen and oxygen atoms in total. The fraction of sp³-hybridized carbons (Fsp3) is 0.133. The van der Waals surface area contributed by atoms with Gasteiger partial charge in [-0.1, -0.05) is 17.7 Å². The lowest BCUT2D eigenvalue weighted by atomic mass is 10.1. The fourth-order valence-corrected chi connectivity index (χ4v) is 2.15. The van der Waals surface area contributed by atoms with Gasteiger partial charge in [0.1, 0.15) is 11.8 Å². The fourth-order valence-electron chi connectivity index (χ4n) is 1.98. The van der Waals surface area contributed by atoms with Gasteiger partial charge in [0.25, 0.3) is 0 Å². The van der Waals surface area contributed by atoms with Crippen LogP contribution in [0.2, 0.25) is 5.02 Å². The van der Waals surface area contributed by atoms with Gasteiger partial charge in [-0.05, 0) is 37.1 Å². The Balaban J connectivity index is 2.57. The van der Waals surface area contributed by atoms with Crippen molar-refractivity contribution >= 4 is 17.3 Å². The number of nitro groups is 1. The molecule has 0 saturated heterocycles. The number of nitro benzene ring substituents is 1. The Morgan fingerprint density at radius 2 is 2.00 bits per heavy atom. The highest BCUT2D eigenvalue weighted by Gasteiger charge is 2.20. The van der Waals surface area contributed by atoms with Gasteiger partial charge in [0, 0.05) is 17.2 Å². The van der Waals surface area contributed by atoms with Crippen molar-refractivity contribution in [1.29, 1.82) is 5.26 Å². The maximum absolute atomic E-state index is 11.2. The molecule has 0 radical (unpaired) electrons. The molecule has 0 unspecified atom stereocenters. The molecule has 0 saturated carbocycles. The Morgan fingerprint density at radius 3 is 2.62 bits per heavy atom. The molecule has 2 rings (SSSR count). The van der Waals surface area contributed by atoms with Crippen LogP contribution >= 0.6 is 11.6 Å². The van der Waals surface area contributed by atoms with Crippen molar-refractivity contribution in [3.8, 4) is 17.6 Å². The molecule has 6 heteroatoms. The quantitative estimate of drug-likeness (QED) is 0.616. The van der Waals surface area contributed by atoms with Crippen LogP contribution in [-0.2, 0) is 0 Å². The van der Waals surface area contributed by atoms with Crippen LogP contribution in [0, 0.1) is 35.3 Å². The molecular formula is C15H11ClN2O3. The molecule has 0 aliphatic heterocycles. The van der Waals surface area contributed by atoms with Gasteiger partial charge < -0.3 is 4.74 Å². The SMILES string of the molecule is Cc1cc(C)c(Oc2cc(Cl)ccc2C#N)c([N+](=O)[O-])c1. The first-order valence-electron chi connectivity index (χ1n) is 6.05. The monoisotopic (exact) mass is 302 g/mol. The zero-order valence-corrected chi connectivity index (χ0v) is 12.1. The number of hydrogen-bond donors (Lipinski definition) is 0. The summed E-state index contributed by atoms with van der Waals surface area (Å²) in [6.45, 7) is 3.48. The number of nitrogens with zero attached hydrogens (tertiary/aromatic N) is 2. The number of halogens is 1. The van der Waals surface area contributed by atoms with Crippen molar-refractivity contribution in [2.45, 2.75) is 13.8 Å². The summed E-state index contributed by atoms with van der Waals surface area (Å²) in [5.41, 5.74) is 1.49. The highest BCUT2D eigenvalue weighted by molar-refractivity contribution is 6.30. The zero-order chi connectivity index (χ0) is 15.6. The van der Waals surface area contributed by atoms with Crippen molar-refractivity contribution in [3.63, 3.8) is 0 Å². The van der Waals surface area contributed by atoms with E-state index in [9.17, 15) is 10.1 Å². The third-order valence-corrected chi connectivity index (χ3v) is 3.11. The van der Waals surface area contributed by atoms with E-state index in [-0.39, 0.29) is 22.7 Å². The van der Waals surface area contributed by atoms with Gasteiger partial charge >= 0.3 is 5.69 Å². The van der Waals surface area contributed by atoms with Crippen LogP contribution < -0.4 is 4.74 Å². The highest BCUT2D eigenvalue weighted by atomic mass is 35.5. The third kappa shape index (κ3) is 3.12. The van der Waals surface area contributed by atoms with Crippen molar-refractivity contribution in [2.75, 3.05) is 0 Å². The minimum absolute atomic E-state index is 0.115. The first-order chi connectivity index (χ1) is 9.92. The molecule has 0 fully saturated rings. The predicted octanol–water partition coefficient (Wildman–Crippen LogP) is 4.53. The van der Waals surface area contributed by atoms with Gasteiger partial charge in [-0.15, -0.1) is 0 Å². The molecule has 0 spiro atoms. The van der Waals surface area contributed by atoms with E-state index in [1.165, 1.54) is 18.2 Å². The molecule has 106 valence electrons. The molecule has 0 amide bonds. The molecule has 0 aliphatic carbocycles. The van der Waals surface area contributed by atoms with E-state index in [0.717, 1.165) is 5.56 Å². The summed E-state index contributed by atoms with van der Waals surface area (Å²) in [6.07, 6.45) is 0. The summed E-state index contributed by atoms with van der Waals surface area (Å²) < 4.78 is 5.61. The lowest BCUT2D eigenvalue weighted by Gasteiger charge is -2.11. The van der Waals surface area contributed by atoms with Crippen molar-refractivity contribution in [1.82, 2.24) is 0 Å². The van der Waals surface area contributed by atoms with Crippen LogP contribution in [0.4, 0.5) is 5.69 Å². The second-order valence-corrected chi connectivity index (χ2v) is 4.98. The molecule has 0 bridgehead atoms. The summed E-state index contributed by atoms with van der Waals surface area (Å²) in [6, 6.07) is 9.70. The van der Waals surface area contributed by atoms with Crippen LogP contribution in [0.25, 0.3) is 0 Å². The lowest BCUT2D eigenvalue weighted by molar-refractivity contribution is -0.385. The van der Waals surface area contributed by atoms with Gasteiger partial charge in [0.05, 0.1) is 10.5 Å². The van der Waals surface area contributed by atoms with Crippen molar-refractivity contribution < 1.29 is 9.66 Å². The number of hydrogen-bond acceptors (Lipinski definition) is 4. The zero-order valence-electron chi connectivity index (χ0n) is 11.4. The number of rotatable bonds is 3. The van der Waals surface area contributed by atoms with E-state index < -0.39 is 4.92 Å². The molecule has 0 N–H and O–H groups in total. The Kier molecular flexibility index (Phi) is 4.10. The Morgan fingerprint density at radius 1 is 1.29 bits per heavy atom. The molecule has 2 aromatic rings. The van der Waals surface area contributed by atoms with Crippen molar-refractivity contribution in [2.24, 2.45) is 0 Å². The summed E-state index contributed by atoms with van der Waals surface area (Å²) >= 11 is 5.88. The lowest BCUT2D eigenvalue weighted by Crippen LogP contribution is -1.98. The maximum Gasteiger partial charge on any atom is 0.312 e. The van der Waals surface area contributed by atoms with Crippen LogP contribution in [0.5, 0.6) is 11.5 Å². The Bertz CT molecular complexity index is 766. The minimum Gasteiger partial charge on any atom is -0.448 e. The second kappa shape index (κ2) is 5.81. The van der Waals surface area contributed by atoms with E-state index in [1.807, 2.05) is 6.07 Å². The summed E-state index contributed by atoms with van der Waals surface area (Å²) in [4.78, 5) is 10.7. The Labute approximate surface area is 126 Å². The average molecular weight is 303 g/mol. The van der Waals surface area contributed by atoms with Crippen LogP contribution in [0.3, 0.4) is 0 Å². The molecule has 2 aromatic carbocycles. The largest absolute Gasteiger partial charge is 0.448 e. The van der Waals surface area contributed by atoms with Gasteiger partial charge in [-0.3, -0.25) is 10.1 Å². The van der Waals surface area contributed by atoms with Crippen molar-refractivity contribution in [3.05, 3.63) is 62.2 Å². The predicted molar refractivity (Wildman–Crippen MR) is 78.8 cm³/mol. The first-order valence-corrected chi connectivity index (χ1v) is 6.43. The summed E-state index contributed by atoms with van der Waals surface area (Å²) in [5, 5.41) is 20.6. The van der Waals surface area contributed by atoms with Crippen LogP contribution in [0.15, 0.2) is 30.3 Å². The Hall–Kier alpha value is -2.58. The molecule has 21 heavy (non-hydrogen) atoms. The standard InChI is InChI=1S/C15H11ClN2O3/c1-9-5-10(2)15(13(6-9)18(19)20)21-14-7-12(16)4-3-11(14)8-17/h3-7H,1-2H3. The highest BCUT2D eigenvalue weighted by Crippen LogP contribution is 2.37. The van der Waals surface area contributed by atoms with Gasteiger partial charge in [-0.2, -0.15) is 5.26 Å². The maximum atomic E-state index is 11.2.